The maximum absolute atomic E-state index is 2.42. The molecule has 1 aliphatic carbocycles. The molecule has 0 spiro atoms. The molecule has 0 N–H and O–H groups in total. The van der Waals surface area contributed by atoms with Crippen molar-refractivity contribution in [3.8, 4) is 0 Å². The van der Waals surface area contributed by atoms with Gasteiger partial charge in [0.2, 0.25) is 0 Å². The first-order valence-corrected chi connectivity index (χ1v) is 5.77. The third kappa shape index (κ3) is 2.50. The van der Waals surface area contributed by atoms with Crippen molar-refractivity contribution in [2.45, 2.75) is 59.3 Å². The molecule has 12 heavy (non-hydrogen) atoms. The molecule has 0 heteroatoms. The van der Waals surface area contributed by atoms with E-state index in [0.717, 1.165) is 17.8 Å². The van der Waals surface area contributed by atoms with Crippen LogP contribution < -0.4 is 0 Å². The van der Waals surface area contributed by atoms with Crippen molar-refractivity contribution in [2.75, 3.05) is 0 Å². The average molecular weight is 168 g/mol. The van der Waals surface area contributed by atoms with Gasteiger partial charge in [0.05, 0.1) is 0 Å². The SMILES string of the molecule is CCC1CCC(C)CCC1CC. The highest BCUT2D eigenvalue weighted by atomic mass is 14.3. The van der Waals surface area contributed by atoms with E-state index in [-0.39, 0.29) is 0 Å². The molecule has 0 nitrogen and oxygen atoms in total. The van der Waals surface area contributed by atoms with Gasteiger partial charge >= 0.3 is 0 Å². The Hall–Kier alpha value is 0. The van der Waals surface area contributed by atoms with E-state index in [1.165, 1.54) is 38.5 Å². The lowest BCUT2D eigenvalue weighted by molar-refractivity contribution is 0.295. The fourth-order valence-electron chi connectivity index (χ4n) is 2.69. The van der Waals surface area contributed by atoms with E-state index < -0.39 is 0 Å². The third-order valence-corrected chi connectivity index (χ3v) is 3.78. The molecule has 0 saturated heterocycles. The van der Waals surface area contributed by atoms with Crippen molar-refractivity contribution in [2.24, 2.45) is 17.8 Å². The van der Waals surface area contributed by atoms with Crippen molar-refractivity contribution in [3.05, 3.63) is 0 Å². The van der Waals surface area contributed by atoms with Crippen LogP contribution in [0.1, 0.15) is 59.3 Å². The smallest absolute Gasteiger partial charge is 0.0388 e. The first-order chi connectivity index (χ1) is 5.77. The summed E-state index contributed by atoms with van der Waals surface area (Å²) in [6, 6.07) is 0. The summed E-state index contributed by atoms with van der Waals surface area (Å²) in [5.74, 6) is 3.08. The molecule has 72 valence electrons. The molecule has 1 aliphatic rings. The van der Waals surface area contributed by atoms with Crippen molar-refractivity contribution >= 4 is 0 Å². The van der Waals surface area contributed by atoms with Crippen LogP contribution in [0.3, 0.4) is 0 Å². The Bertz CT molecular complexity index is 103. The molecule has 0 bridgehead atoms. The molecular formula is C12H24. The average Bonchev–Trinajstić information content (AvgIpc) is 2.27. The first kappa shape index (κ1) is 10.1. The highest BCUT2D eigenvalue weighted by Gasteiger charge is 2.22. The predicted octanol–water partition coefficient (Wildman–Crippen LogP) is 4.25. The zero-order chi connectivity index (χ0) is 8.97. The van der Waals surface area contributed by atoms with Gasteiger partial charge in [0, 0.05) is 0 Å². The van der Waals surface area contributed by atoms with Gasteiger partial charge in [0.15, 0.2) is 0 Å². The van der Waals surface area contributed by atoms with E-state index in [2.05, 4.69) is 20.8 Å². The van der Waals surface area contributed by atoms with Gasteiger partial charge in [-0.1, -0.05) is 46.5 Å². The Morgan fingerprint density at radius 1 is 0.833 bits per heavy atom. The van der Waals surface area contributed by atoms with E-state index in [1.54, 1.807) is 0 Å². The molecule has 1 fully saturated rings. The molecule has 0 aromatic rings. The Morgan fingerprint density at radius 3 is 1.58 bits per heavy atom. The van der Waals surface area contributed by atoms with Crippen LogP contribution in [-0.2, 0) is 0 Å². The van der Waals surface area contributed by atoms with Gasteiger partial charge in [-0.2, -0.15) is 0 Å². The first-order valence-electron chi connectivity index (χ1n) is 5.77. The molecule has 1 rings (SSSR count). The van der Waals surface area contributed by atoms with Gasteiger partial charge in [0.1, 0.15) is 0 Å². The van der Waals surface area contributed by atoms with Crippen LogP contribution in [0.25, 0.3) is 0 Å². The normalized spacial score (nSPS) is 37.8. The molecular weight excluding hydrogens is 144 g/mol. The zero-order valence-electron chi connectivity index (χ0n) is 8.97. The molecule has 0 aliphatic heterocycles. The van der Waals surface area contributed by atoms with Gasteiger partial charge in [-0.3, -0.25) is 0 Å². The van der Waals surface area contributed by atoms with E-state index in [9.17, 15) is 0 Å². The molecule has 1 saturated carbocycles. The summed E-state index contributed by atoms with van der Waals surface area (Å²) in [5, 5.41) is 0. The van der Waals surface area contributed by atoms with E-state index in [1.807, 2.05) is 0 Å². The minimum atomic E-state index is 0.996. The van der Waals surface area contributed by atoms with Gasteiger partial charge in [-0.25, -0.2) is 0 Å². The Morgan fingerprint density at radius 2 is 1.25 bits per heavy atom. The van der Waals surface area contributed by atoms with Crippen molar-refractivity contribution in [1.82, 2.24) is 0 Å². The summed E-state index contributed by atoms with van der Waals surface area (Å²) in [7, 11) is 0. The monoisotopic (exact) mass is 168 g/mol. The largest absolute Gasteiger partial charge is 0.0651 e. The van der Waals surface area contributed by atoms with Crippen LogP contribution in [0.2, 0.25) is 0 Å². The van der Waals surface area contributed by atoms with Crippen molar-refractivity contribution in [1.29, 1.82) is 0 Å². The molecule has 0 radical (unpaired) electrons. The highest BCUT2D eigenvalue weighted by Crippen LogP contribution is 2.35. The minimum Gasteiger partial charge on any atom is -0.0651 e. The highest BCUT2D eigenvalue weighted by molar-refractivity contribution is 4.74. The van der Waals surface area contributed by atoms with Crippen LogP contribution in [0.5, 0.6) is 0 Å². The molecule has 0 amide bonds. The van der Waals surface area contributed by atoms with Gasteiger partial charge in [-0.05, 0) is 30.6 Å². The lowest BCUT2D eigenvalue weighted by Crippen LogP contribution is -2.11. The lowest BCUT2D eigenvalue weighted by Gasteiger charge is -2.21. The van der Waals surface area contributed by atoms with Crippen molar-refractivity contribution < 1.29 is 0 Å². The van der Waals surface area contributed by atoms with Crippen LogP contribution in [0.4, 0.5) is 0 Å². The Kier molecular flexibility index (Phi) is 4.11. The quantitative estimate of drug-likeness (QED) is 0.541. The van der Waals surface area contributed by atoms with Crippen LogP contribution in [0, 0.1) is 17.8 Å². The van der Waals surface area contributed by atoms with Crippen LogP contribution in [-0.4, -0.2) is 0 Å². The summed E-state index contributed by atoms with van der Waals surface area (Å²) in [5.41, 5.74) is 0. The van der Waals surface area contributed by atoms with Crippen molar-refractivity contribution in [3.63, 3.8) is 0 Å². The maximum atomic E-state index is 2.42. The fraction of sp³-hybridized carbons (Fsp3) is 1.00. The Labute approximate surface area is 77.7 Å². The summed E-state index contributed by atoms with van der Waals surface area (Å²) in [6.07, 6.45) is 8.77. The number of hydrogen-bond acceptors (Lipinski definition) is 0. The van der Waals surface area contributed by atoms with E-state index in [4.69, 9.17) is 0 Å². The summed E-state index contributed by atoms with van der Waals surface area (Å²) in [6.45, 7) is 7.15. The second kappa shape index (κ2) is 4.89. The van der Waals surface area contributed by atoms with Gasteiger partial charge in [-0.15, -0.1) is 0 Å². The predicted molar refractivity (Wildman–Crippen MR) is 55.2 cm³/mol. The number of hydrogen-bond donors (Lipinski definition) is 0. The van der Waals surface area contributed by atoms with E-state index >= 15 is 0 Å². The second-order valence-corrected chi connectivity index (χ2v) is 4.60. The van der Waals surface area contributed by atoms with Crippen LogP contribution in [0.15, 0.2) is 0 Å². The van der Waals surface area contributed by atoms with Gasteiger partial charge < -0.3 is 0 Å². The third-order valence-electron chi connectivity index (χ3n) is 3.78. The summed E-state index contributed by atoms with van der Waals surface area (Å²) < 4.78 is 0. The molecule has 0 heterocycles. The van der Waals surface area contributed by atoms with E-state index in [0.29, 0.717) is 0 Å². The Balaban J connectivity index is 2.47. The number of rotatable bonds is 2. The second-order valence-electron chi connectivity index (χ2n) is 4.60. The minimum absolute atomic E-state index is 0.996. The molecule has 0 aromatic carbocycles. The zero-order valence-corrected chi connectivity index (χ0v) is 8.97. The van der Waals surface area contributed by atoms with Crippen LogP contribution >= 0.6 is 0 Å². The summed E-state index contributed by atoms with van der Waals surface area (Å²) >= 11 is 0. The molecule has 2 unspecified atom stereocenters. The topological polar surface area (TPSA) is 0 Å². The standard InChI is InChI=1S/C12H24/c1-4-11-8-6-10(3)7-9-12(11)5-2/h10-12H,4-9H2,1-3H3. The molecule has 0 aromatic heterocycles. The maximum Gasteiger partial charge on any atom is -0.0388 e. The fourth-order valence-corrected chi connectivity index (χ4v) is 2.69. The lowest BCUT2D eigenvalue weighted by atomic mass is 9.84. The summed E-state index contributed by atoms with van der Waals surface area (Å²) in [4.78, 5) is 0. The van der Waals surface area contributed by atoms with Gasteiger partial charge in [0.25, 0.3) is 0 Å². The molecule has 2 atom stereocenters.